The monoisotopic (exact) mass is 537 g/mol. The van der Waals surface area contributed by atoms with Crippen molar-refractivity contribution in [2.24, 2.45) is 0 Å². The van der Waals surface area contributed by atoms with E-state index in [0.29, 0.717) is 24.9 Å². The van der Waals surface area contributed by atoms with E-state index >= 15 is 0 Å². The summed E-state index contributed by atoms with van der Waals surface area (Å²) < 4.78 is 21.8. The highest BCUT2D eigenvalue weighted by atomic mass is 35.5. The molecule has 1 aromatic carbocycles. The van der Waals surface area contributed by atoms with Gasteiger partial charge >= 0.3 is 6.09 Å². The number of likely N-dealkylation sites (tertiary alicyclic amines) is 1. The average molecular weight is 538 g/mol. The number of pyridine rings is 1. The summed E-state index contributed by atoms with van der Waals surface area (Å²) in [6.07, 6.45) is 3.48. The first-order chi connectivity index (χ1) is 18.0. The number of benzene rings is 1. The molecule has 10 heteroatoms. The van der Waals surface area contributed by atoms with Crippen LogP contribution < -0.4 is 5.32 Å². The molecule has 1 fully saturated rings. The summed E-state index contributed by atoms with van der Waals surface area (Å²) in [5.74, 6) is 4.21. The lowest BCUT2D eigenvalue weighted by molar-refractivity contribution is 0.00714. The predicted molar refractivity (Wildman–Crippen MR) is 142 cm³/mol. The molecule has 0 spiro atoms. The molecule has 1 saturated heterocycles. The second-order valence-corrected chi connectivity index (χ2v) is 10.5. The fourth-order valence-corrected chi connectivity index (χ4v) is 4.44. The lowest BCUT2D eigenvalue weighted by atomic mass is 9.98. The largest absolute Gasteiger partial charge is 0.444 e. The molecule has 2 amide bonds. The molecule has 2 aromatic heterocycles. The van der Waals surface area contributed by atoms with Crippen molar-refractivity contribution in [1.82, 2.24) is 19.7 Å². The third-order valence-corrected chi connectivity index (χ3v) is 6.26. The molecule has 3 aromatic rings. The first-order valence-electron chi connectivity index (χ1n) is 12.3. The molecular formula is C28H29ClFN5O3. The maximum atomic E-state index is 14.8. The van der Waals surface area contributed by atoms with Crippen molar-refractivity contribution >= 4 is 29.4 Å². The first kappa shape index (κ1) is 27.1. The van der Waals surface area contributed by atoms with Crippen LogP contribution in [0.4, 0.5) is 15.0 Å². The summed E-state index contributed by atoms with van der Waals surface area (Å²) in [7, 11) is 0. The van der Waals surface area contributed by atoms with E-state index in [1.165, 1.54) is 23.1 Å². The molecule has 38 heavy (non-hydrogen) atoms. The minimum absolute atomic E-state index is 0.101. The summed E-state index contributed by atoms with van der Waals surface area (Å²) in [5.41, 5.74) is 0.672. The van der Waals surface area contributed by atoms with Crippen molar-refractivity contribution in [2.75, 3.05) is 11.9 Å². The molecule has 2 unspecified atom stereocenters. The number of nitrogens with one attached hydrogen (secondary N) is 1. The SMILES string of the molecule is CC1CC(n2ncc(Cl)c2C(=O)Nc2ncc(C#Cc3ccccc3)cc2F)CCN1C(=O)OC(C)(C)C. The van der Waals surface area contributed by atoms with Crippen molar-refractivity contribution in [3.8, 4) is 11.8 Å². The van der Waals surface area contributed by atoms with Crippen LogP contribution in [-0.4, -0.2) is 49.9 Å². The molecule has 8 nitrogen and oxygen atoms in total. The summed E-state index contributed by atoms with van der Waals surface area (Å²) in [6, 6.07) is 10.2. The highest BCUT2D eigenvalue weighted by Gasteiger charge is 2.34. The van der Waals surface area contributed by atoms with Crippen LogP contribution in [0.2, 0.25) is 5.02 Å². The Morgan fingerprint density at radius 3 is 2.53 bits per heavy atom. The van der Waals surface area contributed by atoms with Crippen LogP contribution in [0, 0.1) is 17.7 Å². The van der Waals surface area contributed by atoms with E-state index in [1.54, 1.807) is 4.90 Å². The average Bonchev–Trinajstić information content (AvgIpc) is 3.25. The molecule has 0 saturated carbocycles. The van der Waals surface area contributed by atoms with Crippen LogP contribution >= 0.6 is 11.6 Å². The minimum Gasteiger partial charge on any atom is -0.444 e. The molecule has 3 heterocycles. The highest BCUT2D eigenvalue weighted by molar-refractivity contribution is 6.34. The van der Waals surface area contributed by atoms with E-state index in [2.05, 4.69) is 27.2 Å². The molecule has 0 radical (unpaired) electrons. The topological polar surface area (TPSA) is 89.4 Å². The van der Waals surface area contributed by atoms with Gasteiger partial charge < -0.3 is 15.0 Å². The van der Waals surface area contributed by atoms with Crippen molar-refractivity contribution in [3.05, 3.63) is 76.5 Å². The molecular weight excluding hydrogens is 509 g/mol. The van der Waals surface area contributed by atoms with Crippen molar-refractivity contribution in [1.29, 1.82) is 0 Å². The predicted octanol–water partition coefficient (Wildman–Crippen LogP) is 5.68. The van der Waals surface area contributed by atoms with Crippen LogP contribution in [0.5, 0.6) is 0 Å². The molecule has 1 N–H and O–H groups in total. The molecule has 4 rings (SSSR count). The zero-order valence-corrected chi connectivity index (χ0v) is 22.4. The van der Waals surface area contributed by atoms with Crippen molar-refractivity contribution < 1.29 is 18.7 Å². The number of halogens is 2. The third kappa shape index (κ3) is 6.50. The fraction of sp³-hybridized carbons (Fsp3) is 0.357. The van der Waals surface area contributed by atoms with Crippen LogP contribution in [-0.2, 0) is 4.74 Å². The number of anilines is 1. The van der Waals surface area contributed by atoms with Crippen LogP contribution in [0.25, 0.3) is 0 Å². The number of carbonyl (C=O) groups is 2. The second kappa shape index (κ2) is 11.2. The van der Waals surface area contributed by atoms with Gasteiger partial charge in [-0.3, -0.25) is 9.48 Å². The third-order valence-electron chi connectivity index (χ3n) is 5.99. The van der Waals surface area contributed by atoms with Crippen LogP contribution in [0.1, 0.15) is 68.2 Å². The van der Waals surface area contributed by atoms with E-state index in [-0.39, 0.29) is 34.7 Å². The van der Waals surface area contributed by atoms with Gasteiger partial charge in [0.15, 0.2) is 11.6 Å². The van der Waals surface area contributed by atoms with Gasteiger partial charge in [-0.2, -0.15) is 5.10 Å². The maximum Gasteiger partial charge on any atom is 0.410 e. The van der Waals surface area contributed by atoms with E-state index in [9.17, 15) is 14.0 Å². The first-order valence-corrected chi connectivity index (χ1v) is 12.7. The Balaban J connectivity index is 1.46. The van der Waals surface area contributed by atoms with Gasteiger partial charge in [0.05, 0.1) is 17.3 Å². The van der Waals surface area contributed by atoms with E-state index in [4.69, 9.17) is 16.3 Å². The Morgan fingerprint density at radius 1 is 1.16 bits per heavy atom. The molecule has 2 atom stereocenters. The second-order valence-electron chi connectivity index (χ2n) is 10.1. The van der Waals surface area contributed by atoms with Gasteiger partial charge in [0.2, 0.25) is 0 Å². The summed E-state index contributed by atoms with van der Waals surface area (Å²) in [4.78, 5) is 31.4. The van der Waals surface area contributed by atoms with Gasteiger partial charge in [0.1, 0.15) is 11.3 Å². The Morgan fingerprint density at radius 2 is 1.87 bits per heavy atom. The zero-order valence-electron chi connectivity index (χ0n) is 21.7. The molecule has 1 aliphatic rings. The summed E-state index contributed by atoms with van der Waals surface area (Å²) >= 11 is 6.32. The number of hydrogen-bond acceptors (Lipinski definition) is 5. The van der Waals surface area contributed by atoms with Gasteiger partial charge in [-0.15, -0.1) is 0 Å². The van der Waals surface area contributed by atoms with E-state index in [1.807, 2.05) is 58.0 Å². The van der Waals surface area contributed by atoms with Crippen molar-refractivity contribution in [3.63, 3.8) is 0 Å². The zero-order chi connectivity index (χ0) is 27.4. The van der Waals surface area contributed by atoms with E-state index < -0.39 is 17.3 Å². The lowest BCUT2D eigenvalue weighted by Gasteiger charge is -2.38. The van der Waals surface area contributed by atoms with Crippen LogP contribution in [0.15, 0.2) is 48.8 Å². The standard InChI is InChI=1S/C28H29ClFN5O3/c1-18-14-21(12-13-34(18)27(37)38-28(2,3)4)35-24(22(29)17-32-35)26(36)33-25-23(30)15-20(16-31-25)11-10-19-8-6-5-7-9-19/h5-9,15-18,21H,12-14H2,1-4H3,(H,31,33,36). The Hall–Kier alpha value is -3.90. The molecule has 198 valence electrons. The molecule has 1 aliphatic heterocycles. The normalized spacial score (nSPS) is 17.4. The quantitative estimate of drug-likeness (QED) is 0.434. The van der Waals surface area contributed by atoms with Crippen molar-refractivity contribution in [2.45, 2.75) is 58.2 Å². The number of piperidine rings is 1. The fourth-order valence-electron chi connectivity index (χ4n) is 4.22. The van der Waals surface area contributed by atoms with Gasteiger partial charge in [0, 0.05) is 29.9 Å². The van der Waals surface area contributed by atoms with Gasteiger partial charge in [-0.1, -0.05) is 41.6 Å². The van der Waals surface area contributed by atoms with Gasteiger partial charge in [-0.25, -0.2) is 14.2 Å². The van der Waals surface area contributed by atoms with Gasteiger partial charge in [-0.05, 0) is 58.7 Å². The number of ether oxygens (including phenoxy) is 1. The minimum atomic E-state index is -0.723. The Bertz CT molecular complexity index is 1390. The highest BCUT2D eigenvalue weighted by Crippen LogP contribution is 2.31. The number of hydrogen-bond donors (Lipinski definition) is 1. The Kier molecular flexibility index (Phi) is 8.02. The molecule has 0 aliphatic carbocycles. The van der Waals surface area contributed by atoms with Gasteiger partial charge in [0.25, 0.3) is 5.91 Å². The smallest absolute Gasteiger partial charge is 0.410 e. The maximum absolute atomic E-state index is 14.8. The lowest BCUT2D eigenvalue weighted by Crippen LogP contribution is -2.47. The van der Waals surface area contributed by atoms with Crippen LogP contribution in [0.3, 0.4) is 0 Å². The number of rotatable bonds is 3. The van der Waals surface area contributed by atoms with E-state index in [0.717, 1.165) is 5.56 Å². The number of aromatic nitrogens is 3. The summed E-state index contributed by atoms with van der Waals surface area (Å²) in [5, 5.41) is 6.94. The Labute approximate surface area is 226 Å². The molecule has 0 bridgehead atoms. The number of nitrogens with zero attached hydrogens (tertiary/aromatic N) is 4. The number of carbonyl (C=O) groups excluding carboxylic acids is 2. The summed E-state index contributed by atoms with van der Waals surface area (Å²) in [6.45, 7) is 7.82. The number of amides is 2.